The summed E-state index contributed by atoms with van der Waals surface area (Å²) >= 11 is 7.49. The van der Waals surface area contributed by atoms with Gasteiger partial charge < -0.3 is 10.0 Å². The van der Waals surface area contributed by atoms with E-state index in [0.29, 0.717) is 23.9 Å². The number of likely N-dealkylation sites (tertiary alicyclic amines) is 1. The second kappa shape index (κ2) is 4.38. The van der Waals surface area contributed by atoms with Crippen LogP contribution in [0.2, 0.25) is 5.15 Å². The van der Waals surface area contributed by atoms with Gasteiger partial charge >= 0.3 is 0 Å². The first-order valence-corrected chi connectivity index (χ1v) is 6.67. The van der Waals surface area contributed by atoms with E-state index in [1.54, 1.807) is 11.0 Å². The Bertz CT molecular complexity index is 627. The van der Waals surface area contributed by atoms with Crippen LogP contribution in [0.15, 0.2) is 17.7 Å². The van der Waals surface area contributed by atoms with Gasteiger partial charge in [0.1, 0.15) is 0 Å². The van der Waals surface area contributed by atoms with Crippen molar-refractivity contribution in [3.63, 3.8) is 0 Å². The van der Waals surface area contributed by atoms with Crippen molar-refractivity contribution in [2.45, 2.75) is 6.10 Å². The zero-order valence-electron chi connectivity index (χ0n) is 9.28. The van der Waals surface area contributed by atoms with Crippen LogP contribution in [0.25, 0.3) is 11.0 Å². The van der Waals surface area contributed by atoms with Gasteiger partial charge in [-0.3, -0.25) is 9.20 Å². The number of aliphatic hydroxyl groups is 1. The highest BCUT2D eigenvalue weighted by Crippen LogP contribution is 2.22. The van der Waals surface area contributed by atoms with Crippen LogP contribution < -0.4 is 0 Å². The molecule has 1 fully saturated rings. The van der Waals surface area contributed by atoms with Crippen LogP contribution in [0.3, 0.4) is 0 Å². The summed E-state index contributed by atoms with van der Waals surface area (Å²) < 4.78 is 1.84. The van der Waals surface area contributed by atoms with E-state index in [9.17, 15) is 4.79 Å². The minimum atomic E-state index is -0.385. The second-order valence-electron chi connectivity index (χ2n) is 4.07. The Morgan fingerprint density at radius 3 is 3.11 bits per heavy atom. The van der Waals surface area contributed by atoms with Crippen LogP contribution in [0.4, 0.5) is 0 Å². The Morgan fingerprint density at radius 1 is 1.61 bits per heavy atom. The van der Waals surface area contributed by atoms with E-state index >= 15 is 0 Å². The lowest BCUT2D eigenvalue weighted by Crippen LogP contribution is -2.52. The molecule has 1 saturated heterocycles. The number of β-amino-alcohol motifs (C(OH)–C–C–N with tert-alkyl or cyclic N) is 1. The average molecular weight is 284 g/mol. The Balaban J connectivity index is 1.81. The minimum absolute atomic E-state index is 0.124. The number of nitrogens with zero attached hydrogens (tertiary/aromatic N) is 3. The van der Waals surface area contributed by atoms with Gasteiger partial charge in [-0.2, -0.15) is 0 Å². The molecule has 1 N–H and O–H groups in total. The monoisotopic (exact) mass is 283 g/mol. The van der Waals surface area contributed by atoms with Gasteiger partial charge in [-0.05, 0) is 6.08 Å². The van der Waals surface area contributed by atoms with Crippen LogP contribution in [0.1, 0.15) is 5.69 Å². The van der Waals surface area contributed by atoms with Gasteiger partial charge in [-0.15, -0.1) is 11.3 Å². The van der Waals surface area contributed by atoms with E-state index in [1.807, 2.05) is 16.0 Å². The van der Waals surface area contributed by atoms with Crippen molar-refractivity contribution in [1.29, 1.82) is 0 Å². The van der Waals surface area contributed by atoms with Crippen molar-refractivity contribution >= 4 is 39.9 Å². The number of imidazole rings is 1. The third-order valence-electron chi connectivity index (χ3n) is 2.81. The molecule has 18 heavy (non-hydrogen) atoms. The molecule has 0 aliphatic carbocycles. The summed E-state index contributed by atoms with van der Waals surface area (Å²) in [5.41, 5.74) is 0.697. The molecule has 0 atom stereocenters. The standard InChI is InChI=1S/C11H10ClN3O2S/c12-10-8(15-3-4-18-11(15)13-10)1-2-9(17)14-5-7(16)6-14/h1-4,7,16H,5-6H2/b2-1+. The summed E-state index contributed by atoms with van der Waals surface area (Å²) in [5, 5.41) is 11.4. The van der Waals surface area contributed by atoms with Crippen LogP contribution in [-0.4, -0.2) is 44.5 Å². The number of aliphatic hydroxyl groups excluding tert-OH is 1. The number of fused-ring (bicyclic) bond motifs is 1. The fourth-order valence-corrected chi connectivity index (χ4v) is 2.82. The zero-order valence-corrected chi connectivity index (χ0v) is 10.9. The third kappa shape index (κ3) is 1.92. The lowest BCUT2D eigenvalue weighted by Gasteiger charge is -2.34. The maximum absolute atomic E-state index is 11.7. The summed E-state index contributed by atoms with van der Waals surface area (Å²) in [7, 11) is 0. The number of aromatic nitrogens is 2. The molecular formula is C11H10ClN3O2S. The molecule has 1 amide bonds. The molecule has 3 rings (SSSR count). The minimum Gasteiger partial charge on any atom is -0.389 e. The lowest BCUT2D eigenvalue weighted by molar-refractivity contribution is -0.135. The van der Waals surface area contributed by atoms with E-state index in [4.69, 9.17) is 16.7 Å². The van der Waals surface area contributed by atoms with E-state index in [-0.39, 0.29) is 12.0 Å². The Labute approximate surface area is 112 Å². The molecule has 2 aromatic heterocycles. The molecule has 0 unspecified atom stereocenters. The van der Waals surface area contributed by atoms with E-state index in [0.717, 1.165) is 4.96 Å². The predicted molar refractivity (Wildman–Crippen MR) is 69.7 cm³/mol. The van der Waals surface area contributed by atoms with Crippen LogP contribution >= 0.6 is 22.9 Å². The van der Waals surface area contributed by atoms with Crippen LogP contribution in [-0.2, 0) is 4.79 Å². The van der Waals surface area contributed by atoms with Gasteiger partial charge in [0.25, 0.3) is 0 Å². The quantitative estimate of drug-likeness (QED) is 0.845. The predicted octanol–water partition coefficient (Wildman–Crippen LogP) is 1.27. The second-order valence-corrected chi connectivity index (χ2v) is 5.30. The summed E-state index contributed by atoms with van der Waals surface area (Å²) in [6, 6.07) is 0. The van der Waals surface area contributed by atoms with Crippen molar-refractivity contribution < 1.29 is 9.90 Å². The molecule has 1 aliphatic rings. The molecule has 1 aliphatic heterocycles. The van der Waals surface area contributed by atoms with E-state index in [2.05, 4.69) is 4.98 Å². The number of halogens is 1. The summed E-state index contributed by atoms with van der Waals surface area (Å²) in [4.78, 5) is 18.3. The smallest absolute Gasteiger partial charge is 0.246 e. The molecule has 0 aromatic carbocycles. The lowest BCUT2D eigenvalue weighted by atomic mass is 10.1. The molecule has 0 bridgehead atoms. The van der Waals surface area contributed by atoms with Gasteiger partial charge in [0.05, 0.1) is 11.8 Å². The number of amides is 1. The Kier molecular flexibility index (Phi) is 2.85. The molecule has 94 valence electrons. The molecule has 7 heteroatoms. The molecule has 3 heterocycles. The first-order valence-electron chi connectivity index (χ1n) is 5.41. The van der Waals surface area contributed by atoms with Gasteiger partial charge in [0, 0.05) is 30.7 Å². The maximum atomic E-state index is 11.7. The molecule has 0 radical (unpaired) electrons. The number of carbonyl (C=O) groups is 1. The van der Waals surface area contributed by atoms with Crippen molar-refractivity contribution in [3.05, 3.63) is 28.5 Å². The highest BCUT2D eigenvalue weighted by molar-refractivity contribution is 7.15. The third-order valence-corrected chi connectivity index (χ3v) is 3.85. The number of carbonyl (C=O) groups excluding carboxylic acids is 1. The van der Waals surface area contributed by atoms with Gasteiger partial charge in [-0.25, -0.2) is 4.98 Å². The van der Waals surface area contributed by atoms with Crippen molar-refractivity contribution in [3.8, 4) is 0 Å². The number of hydrogen-bond acceptors (Lipinski definition) is 4. The number of hydrogen-bond donors (Lipinski definition) is 1. The fourth-order valence-electron chi connectivity index (χ4n) is 1.82. The highest BCUT2D eigenvalue weighted by atomic mass is 35.5. The van der Waals surface area contributed by atoms with Gasteiger partial charge in [0.2, 0.25) is 5.91 Å². The van der Waals surface area contributed by atoms with E-state index < -0.39 is 0 Å². The molecular weight excluding hydrogens is 274 g/mol. The number of rotatable bonds is 2. The topological polar surface area (TPSA) is 57.8 Å². The van der Waals surface area contributed by atoms with Crippen LogP contribution in [0.5, 0.6) is 0 Å². The SMILES string of the molecule is O=C(/C=C/c1c(Cl)nc2sccn12)N1CC(O)C1. The van der Waals surface area contributed by atoms with Crippen molar-refractivity contribution in [1.82, 2.24) is 14.3 Å². The van der Waals surface area contributed by atoms with Crippen molar-refractivity contribution in [2.75, 3.05) is 13.1 Å². The van der Waals surface area contributed by atoms with Crippen molar-refractivity contribution in [2.24, 2.45) is 0 Å². The summed E-state index contributed by atoms with van der Waals surface area (Å²) in [6.07, 6.45) is 4.58. The molecule has 5 nitrogen and oxygen atoms in total. The Hall–Kier alpha value is -1.37. The Morgan fingerprint density at radius 2 is 2.39 bits per heavy atom. The van der Waals surface area contributed by atoms with Crippen LogP contribution in [0, 0.1) is 0 Å². The summed E-state index contributed by atoms with van der Waals surface area (Å²) in [6.45, 7) is 0.800. The van der Waals surface area contributed by atoms with Gasteiger partial charge in [-0.1, -0.05) is 11.6 Å². The first kappa shape index (κ1) is 11.7. The first-order chi connectivity index (χ1) is 8.65. The maximum Gasteiger partial charge on any atom is 0.246 e. The molecule has 0 spiro atoms. The van der Waals surface area contributed by atoms with Gasteiger partial charge in [0.15, 0.2) is 10.1 Å². The normalized spacial score (nSPS) is 16.7. The van der Waals surface area contributed by atoms with E-state index in [1.165, 1.54) is 17.4 Å². The number of thiazole rings is 1. The fraction of sp³-hybridized carbons (Fsp3) is 0.273. The summed E-state index contributed by atoms with van der Waals surface area (Å²) in [5.74, 6) is -0.124. The molecule has 2 aromatic rings. The largest absolute Gasteiger partial charge is 0.389 e. The average Bonchev–Trinajstić information content (AvgIpc) is 2.83. The highest BCUT2D eigenvalue weighted by Gasteiger charge is 2.27. The molecule has 0 saturated carbocycles. The zero-order chi connectivity index (χ0) is 12.7.